The highest BCUT2D eigenvalue weighted by Gasteiger charge is 2.44. The van der Waals surface area contributed by atoms with Gasteiger partial charge in [-0.1, -0.05) is 107 Å². The Bertz CT molecular complexity index is 1580. The van der Waals surface area contributed by atoms with E-state index >= 15 is 0 Å². The summed E-state index contributed by atoms with van der Waals surface area (Å²) in [6, 6.07) is 13.4. The van der Waals surface area contributed by atoms with E-state index in [4.69, 9.17) is 24.8 Å². The molecule has 1 aromatic heterocycles. The smallest absolute Gasteiger partial charge is 0.178 e. The third-order valence-electron chi connectivity index (χ3n) is 10.7. The van der Waals surface area contributed by atoms with E-state index in [1.807, 2.05) is 0 Å². The Kier molecular flexibility index (Phi) is 13.1. The lowest BCUT2D eigenvalue weighted by Gasteiger charge is -2.38. The molecule has 0 bridgehead atoms. The molecule has 0 amide bonds. The second-order valence-electron chi connectivity index (χ2n) is 16.0. The number of thiol groups is 1. The van der Waals surface area contributed by atoms with Gasteiger partial charge in [-0.2, -0.15) is 9.13 Å². The summed E-state index contributed by atoms with van der Waals surface area (Å²) >= 11 is 11.0. The lowest BCUT2D eigenvalue weighted by Crippen LogP contribution is -2.44. The van der Waals surface area contributed by atoms with E-state index in [0.717, 1.165) is 28.6 Å². The number of hydrogen-bond donors (Lipinski definition) is 1. The summed E-state index contributed by atoms with van der Waals surface area (Å²) in [6.45, 7) is 37.2. The van der Waals surface area contributed by atoms with Crippen molar-refractivity contribution in [3.63, 3.8) is 0 Å². The maximum Gasteiger partial charge on any atom is 0.318 e. The lowest BCUT2D eigenvalue weighted by molar-refractivity contribution is -0.598. The summed E-state index contributed by atoms with van der Waals surface area (Å²) in [4.78, 5) is 0. The molecule has 0 atom stereocenters. The lowest BCUT2D eigenvalue weighted by atomic mass is 10.1. The topological polar surface area (TPSA) is 8.81 Å². The third kappa shape index (κ3) is 7.68. The average Bonchev–Trinajstić information content (AvgIpc) is 3.26. The molecular formula is C42H61N2S2Si2+. The Labute approximate surface area is 307 Å². The molecule has 6 heteroatoms. The molecule has 0 saturated carbocycles. The first-order valence-electron chi connectivity index (χ1n) is 17.9. The normalized spacial score (nSPS) is 12.3. The van der Waals surface area contributed by atoms with Crippen LogP contribution in [0.2, 0.25) is 33.2 Å². The van der Waals surface area contributed by atoms with Crippen molar-refractivity contribution in [2.75, 3.05) is 0 Å². The molecule has 2 aromatic carbocycles. The summed E-state index contributed by atoms with van der Waals surface area (Å²) in [5.41, 5.74) is 19.9. The fourth-order valence-electron chi connectivity index (χ4n) is 8.81. The number of rotatable bonds is 9. The van der Waals surface area contributed by atoms with Crippen LogP contribution in [0.15, 0.2) is 36.4 Å². The van der Waals surface area contributed by atoms with Crippen molar-refractivity contribution in [3.05, 3.63) is 75.9 Å². The average molecular weight is 714 g/mol. The third-order valence-corrected chi connectivity index (χ3v) is 23.7. The molecule has 0 aliphatic heterocycles. The number of imidazole rings is 1. The van der Waals surface area contributed by atoms with E-state index in [1.165, 1.54) is 22.3 Å². The van der Waals surface area contributed by atoms with Crippen LogP contribution in [0.3, 0.4) is 0 Å². The largest absolute Gasteiger partial charge is 0.318 e. The van der Waals surface area contributed by atoms with Gasteiger partial charge in [-0.25, -0.2) is 0 Å². The number of aromatic nitrogens is 2. The second-order valence-corrected chi connectivity index (χ2v) is 28.3. The molecular weight excluding hydrogens is 653 g/mol. The zero-order valence-corrected chi connectivity index (χ0v) is 36.4. The van der Waals surface area contributed by atoms with E-state index in [2.05, 4.69) is 179 Å². The van der Waals surface area contributed by atoms with Gasteiger partial charge >= 0.3 is 5.82 Å². The van der Waals surface area contributed by atoms with Crippen LogP contribution >= 0.6 is 24.8 Å². The van der Waals surface area contributed by atoms with Crippen molar-refractivity contribution in [1.29, 1.82) is 0 Å². The Morgan fingerprint density at radius 2 is 0.958 bits per heavy atom. The van der Waals surface area contributed by atoms with E-state index in [0.29, 0.717) is 37.4 Å². The van der Waals surface area contributed by atoms with Crippen molar-refractivity contribution in [1.82, 2.24) is 4.57 Å². The molecule has 1 heterocycles. The van der Waals surface area contributed by atoms with Gasteiger partial charge in [0.2, 0.25) is 11.4 Å². The van der Waals surface area contributed by atoms with Gasteiger partial charge in [0.25, 0.3) is 0 Å². The minimum Gasteiger partial charge on any atom is -0.178 e. The molecule has 0 N–H and O–H groups in total. The standard InChI is InChI=1S/C42H60N2S2Si2/c1-27(2)47(28(3)4,29(5)6)19-17-39-40(18-20-48(30(7)8,31(9)10)32(11)12)44(38-25-35(15)22-36(16)26-38)41(42(45)46)43(39)37-23-33(13)21-34(14)24-37/h21-32H,1-16H3/p+1. The minimum absolute atomic E-state index is 0.504. The van der Waals surface area contributed by atoms with Crippen molar-refractivity contribution in [3.8, 4) is 34.3 Å². The van der Waals surface area contributed by atoms with Crippen LogP contribution in [0.25, 0.3) is 11.4 Å². The fraction of sp³-hybridized carbons (Fsp3) is 0.524. The Balaban J connectivity index is 2.80. The summed E-state index contributed by atoms with van der Waals surface area (Å²) in [6.07, 6.45) is 0. The molecule has 0 unspecified atom stereocenters. The molecule has 0 radical (unpaired) electrons. The molecule has 2 nitrogen and oxygen atoms in total. The zero-order valence-electron chi connectivity index (χ0n) is 32.7. The Hall–Kier alpha value is -2.36. The van der Waals surface area contributed by atoms with E-state index in [-0.39, 0.29) is 0 Å². The van der Waals surface area contributed by atoms with Crippen molar-refractivity contribution >= 4 is 45.2 Å². The highest BCUT2D eigenvalue weighted by atomic mass is 32.1. The highest BCUT2D eigenvalue weighted by molar-refractivity contribution is 8.11. The van der Waals surface area contributed by atoms with Crippen LogP contribution in [0.5, 0.6) is 0 Å². The molecule has 0 aliphatic carbocycles. The van der Waals surface area contributed by atoms with Crippen molar-refractivity contribution < 1.29 is 4.57 Å². The highest BCUT2D eigenvalue weighted by Crippen LogP contribution is 2.42. The first kappa shape index (κ1) is 40.1. The van der Waals surface area contributed by atoms with Gasteiger partial charge in [0.15, 0.2) is 4.20 Å². The minimum atomic E-state index is -2.10. The van der Waals surface area contributed by atoms with Crippen LogP contribution in [0, 0.1) is 50.6 Å². The van der Waals surface area contributed by atoms with Crippen LogP contribution in [0.4, 0.5) is 0 Å². The SMILES string of the molecule is Cc1cc(C)cc(-n2c(C#C[Si](C(C)C)(C(C)C)C(C)C)c(C#C[Si](C(C)C)(C(C)C)C(C)C)[n+](-c3cc(C)cc(C)c3)c2C(=S)S)c1. The molecule has 48 heavy (non-hydrogen) atoms. The van der Waals surface area contributed by atoms with Gasteiger partial charge in [-0.3, -0.25) is 0 Å². The van der Waals surface area contributed by atoms with Gasteiger partial charge in [0.1, 0.15) is 27.5 Å². The summed E-state index contributed by atoms with van der Waals surface area (Å²) in [5, 5.41) is 0. The number of hydrogen-bond acceptors (Lipinski definition) is 1. The molecule has 258 valence electrons. The Morgan fingerprint density at radius 3 is 1.31 bits per heavy atom. The van der Waals surface area contributed by atoms with E-state index < -0.39 is 16.1 Å². The maximum atomic E-state index is 6.05. The van der Waals surface area contributed by atoms with Crippen LogP contribution in [0.1, 0.15) is 123 Å². The van der Waals surface area contributed by atoms with Gasteiger partial charge in [0, 0.05) is 0 Å². The number of thiocarbonyl (C=S) groups is 1. The van der Waals surface area contributed by atoms with Gasteiger partial charge in [0.05, 0.1) is 0 Å². The van der Waals surface area contributed by atoms with Gasteiger partial charge in [-0.05, 0) is 119 Å². The molecule has 0 fully saturated rings. The van der Waals surface area contributed by atoms with Crippen LogP contribution in [-0.2, 0) is 0 Å². The molecule has 3 aromatic rings. The van der Waals surface area contributed by atoms with E-state index in [1.54, 1.807) is 0 Å². The first-order valence-corrected chi connectivity index (χ1v) is 23.2. The predicted molar refractivity (Wildman–Crippen MR) is 223 cm³/mol. The van der Waals surface area contributed by atoms with Gasteiger partial charge in [-0.15, -0.1) is 23.7 Å². The number of nitrogens with zero attached hydrogens (tertiary/aromatic N) is 2. The maximum absolute atomic E-state index is 6.05. The second kappa shape index (κ2) is 15.7. The quantitative estimate of drug-likeness (QED) is 0.0763. The molecule has 0 aliphatic rings. The molecule has 3 rings (SSSR count). The summed E-state index contributed by atoms with van der Waals surface area (Å²) < 4.78 is 5.06. The monoisotopic (exact) mass is 713 g/mol. The van der Waals surface area contributed by atoms with E-state index in [9.17, 15) is 0 Å². The van der Waals surface area contributed by atoms with Crippen LogP contribution in [-0.4, -0.2) is 24.9 Å². The summed E-state index contributed by atoms with van der Waals surface area (Å²) in [7, 11) is -4.20. The first-order chi connectivity index (χ1) is 22.2. The fourth-order valence-corrected chi connectivity index (χ4v) is 19.6. The van der Waals surface area contributed by atoms with Crippen LogP contribution < -0.4 is 4.57 Å². The Morgan fingerprint density at radius 1 is 0.604 bits per heavy atom. The van der Waals surface area contributed by atoms with Crippen molar-refractivity contribution in [2.24, 2.45) is 0 Å². The zero-order chi connectivity index (χ0) is 36.5. The molecule has 0 saturated heterocycles. The van der Waals surface area contributed by atoms with Gasteiger partial charge < -0.3 is 0 Å². The van der Waals surface area contributed by atoms with Crippen molar-refractivity contribution in [2.45, 2.75) is 144 Å². The molecule has 0 spiro atoms. The predicted octanol–water partition coefficient (Wildman–Crippen LogP) is 11.7. The number of benzene rings is 2. The summed E-state index contributed by atoms with van der Waals surface area (Å²) in [5.74, 6) is 8.66. The number of aryl methyl sites for hydroxylation is 4.